The number of ether oxygens (including phenoxy) is 1. The third kappa shape index (κ3) is 3.96. The molecule has 1 aliphatic rings. The summed E-state index contributed by atoms with van der Waals surface area (Å²) in [6.45, 7) is 1.82. The smallest absolute Gasteiger partial charge is 0.411 e. The van der Waals surface area contributed by atoms with Crippen molar-refractivity contribution in [1.82, 2.24) is 5.32 Å². The van der Waals surface area contributed by atoms with E-state index in [1.165, 1.54) is 12.1 Å². The Morgan fingerprint density at radius 3 is 2.50 bits per heavy atom. The molecular weight excluding hydrogens is 359 g/mol. The molecule has 0 spiro atoms. The summed E-state index contributed by atoms with van der Waals surface area (Å²) in [6.07, 6.45) is 0.843. The van der Waals surface area contributed by atoms with Crippen molar-refractivity contribution in [2.24, 2.45) is 0 Å². The van der Waals surface area contributed by atoms with Gasteiger partial charge >= 0.3 is 6.09 Å². The predicted octanol–water partition coefficient (Wildman–Crippen LogP) is 4.47. The van der Waals surface area contributed by atoms with Gasteiger partial charge in [-0.2, -0.15) is 0 Å². The van der Waals surface area contributed by atoms with Gasteiger partial charge in [0.05, 0.1) is 23.4 Å². The minimum absolute atomic E-state index is 0.0628. The molecule has 1 fully saturated rings. The van der Waals surface area contributed by atoms with Gasteiger partial charge in [0.25, 0.3) is 5.91 Å². The first-order valence-electron chi connectivity index (χ1n) is 8.25. The minimum Gasteiger partial charge on any atom is -0.450 e. The van der Waals surface area contributed by atoms with E-state index in [-0.39, 0.29) is 17.9 Å². The van der Waals surface area contributed by atoms with Gasteiger partial charge in [-0.25, -0.2) is 9.18 Å². The van der Waals surface area contributed by atoms with Crippen molar-refractivity contribution in [2.75, 3.05) is 11.9 Å². The lowest BCUT2D eigenvalue weighted by atomic mass is 10.0. The van der Waals surface area contributed by atoms with Gasteiger partial charge < -0.3 is 10.1 Å². The van der Waals surface area contributed by atoms with Crippen molar-refractivity contribution in [3.05, 3.63) is 64.4 Å². The minimum atomic E-state index is -0.744. The van der Waals surface area contributed by atoms with Crippen LogP contribution in [0.5, 0.6) is 0 Å². The van der Waals surface area contributed by atoms with Crippen LogP contribution in [0.4, 0.5) is 14.9 Å². The van der Waals surface area contributed by atoms with Crippen LogP contribution in [0.15, 0.2) is 42.5 Å². The van der Waals surface area contributed by atoms with Gasteiger partial charge in [-0.15, -0.1) is 0 Å². The first-order chi connectivity index (χ1) is 12.4. The molecule has 136 valence electrons. The summed E-state index contributed by atoms with van der Waals surface area (Å²) in [5.74, 6) is -0.962. The molecule has 0 aromatic heterocycles. The summed E-state index contributed by atoms with van der Waals surface area (Å²) in [5, 5.41) is 6.02. The van der Waals surface area contributed by atoms with E-state index in [1.54, 1.807) is 19.1 Å². The lowest BCUT2D eigenvalue weighted by Crippen LogP contribution is -2.35. The van der Waals surface area contributed by atoms with Gasteiger partial charge in [-0.05, 0) is 55.7 Å². The Morgan fingerprint density at radius 2 is 1.88 bits per heavy atom. The molecule has 0 bridgehead atoms. The highest BCUT2D eigenvalue weighted by molar-refractivity contribution is 6.30. The van der Waals surface area contributed by atoms with Gasteiger partial charge in [0.2, 0.25) is 0 Å². The van der Waals surface area contributed by atoms with Crippen LogP contribution in [-0.2, 0) is 10.3 Å². The molecule has 0 atom stereocenters. The second kappa shape index (κ2) is 7.33. The molecular formula is C19H18ClFN2O3. The fraction of sp³-hybridized carbons (Fsp3) is 0.263. The van der Waals surface area contributed by atoms with E-state index in [1.807, 2.05) is 12.1 Å². The van der Waals surface area contributed by atoms with Crippen LogP contribution >= 0.6 is 11.6 Å². The normalized spacial score (nSPS) is 14.4. The zero-order valence-electron chi connectivity index (χ0n) is 14.1. The average molecular weight is 377 g/mol. The number of carbonyl (C=O) groups is 2. The van der Waals surface area contributed by atoms with Crippen LogP contribution in [0.3, 0.4) is 0 Å². The lowest BCUT2D eigenvalue weighted by molar-refractivity contribution is 0.0931. The van der Waals surface area contributed by atoms with Gasteiger partial charge in [-0.1, -0.05) is 23.7 Å². The summed E-state index contributed by atoms with van der Waals surface area (Å²) in [5.41, 5.74) is 0.724. The summed E-state index contributed by atoms with van der Waals surface area (Å²) >= 11 is 5.92. The number of nitrogens with one attached hydrogen (secondary N) is 2. The molecule has 2 aromatic carbocycles. The van der Waals surface area contributed by atoms with Crippen molar-refractivity contribution in [2.45, 2.75) is 25.3 Å². The highest BCUT2D eigenvalue weighted by atomic mass is 35.5. The maximum Gasteiger partial charge on any atom is 0.411 e. The summed E-state index contributed by atoms with van der Waals surface area (Å²) in [4.78, 5) is 24.4. The molecule has 0 unspecified atom stereocenters. The monoisotopic (exact) mass is 376 g/mol. The molecule has 1 aliphatic carbocycles. The van der Waals surface area contributed by atoms with Crippen molar-refractivity contribution >= 4 is 29.3 Å². The van der Waals surface area contributed by atoms with E-state index in [0.29, 0.717) is 5.02 Å². The lowest BCUT2D eigenvalue weighted by Gasteiger charge is -2.19. The molecule has 5 nitrogen and oxygen atoms in total. The Bertz CT molecular complexity index is 835. The fourth-order valence-electron chi connectivity index (χ4n) is 2.76. The summed E-state index contributed by atoms with van der Waals surface area (Å²) < 4.78 is 18.4. The number of rotatable bonds is 5. The highest BCUT2D eigenvalue weighted by Gasteiger charge is 2.45. The number of hydrogen-bond donors (Lipinski definition) is 2. The zero-order valence-corrected chi connectivity index (χ0v) is 14.9. The molecule has 0 aliphatic heterocycles. The molecule has 7 heteroatoms. The standard InChI is InChI=1S/C19H18ClFN2O3/c1-2-26-18(25)22-16-11-14(21)7-8-15(16)17(24)23-19(9-10-19)12-3-5-13(20)6-4-12/h3-8,11H,2,9-10H2,1H3,(H,22,25)(H,23,24). The Labute approximate surface area is 155 Å². The number of hydrogen-bond acceptors (Lipinski definition) is 3. The SMILES string of the molecule is CCOC(=O)Nc1cc(F)ccc1C(=O)NC1(c2ccc(Cl)cc2)CC1. The van der Waals surface area contributed by atoms with E-state index in [9.17, 15) is 14.0 Å². The van der Waals surface area contributed by atoms with Crippen LogP contribution in [0, 0.1) is 5.82 Å². The van der Waals surface area contributed by atoms with E-state index < -0.39 is 23.4 Å². The molecule has 0 saturated heterocycles. The van der Waals surface area contributed by atoms with Gasteiger partial charge in [0, 0.05) is 5.02 Å². The van der Waals surface area contributed by atoms with E-state index >= 15 is 0 Å². The van der Waals surface area contributed by atoms with Crippen LogP contribution in [0.1, 0.15) is 35.7 Å². The second-order valence-corrected chi connectivity index (χ2v) is 6.51. The predicted molar refractivity (Wildman–Crippen MR) is 96.9 cm³/mol. The van der Waals surface area contributed by atoms with Crippen LogP contribution in [0.25, 0.3) is 0 Å². The Balaban J connectivity index is 1.81. The van der Waals surface area contributed by atoms with E-state index in [0.717, 1.165) is 24.5 Å². The third-order valence-electron chi connectivity index (χ3n) is 4.24. The maximum absolute atomic E-state index is 13.6. The van der Waals surface area contributed by atoms with Crippen LogP contribution in [-0.4, -0.2) is 18.6 Å². The molecule has 2 amide bonds. The van der Waals surface area contributed by atoms with Gasteiger partial charge in [0.1, 0.15) is 5.82 Å². The first kappa shape index (κ1) is 18.2. The summed E-state index contributed by atoms with van der Waals surface area (Å²) in [6, 6.07) is 10.9. The number of anilines is 1. The van der Waals surface area contributed by atoms with Crippen LogP contribution in [0.2, 0.25) is 5.02 Å². The largest absolute Gasteiger partial charge is 0.450 e. The van der Waals surface area contributed by atoms with Crippen molar-refractivity contribution in [3.8, 4) is 0 Å². The first-order valence-corrected chi connectivity index (χ1v) is 8.63. The Hall–Kier alpha value is -2.60. The number of benzene rings is 2. The van der Waals surface area contributed by atoms with E-state index in [4.69, 9.17) is 16.3 Å². The molecule has 2 aromatic rings. The average Bonchev–Trinajstić information content (AvgIpc) is 3.36. The molecule has 0 radical (unpaired) electrons. The molecule has 2 N–H and O–H groups in total. The van der Waals surface area contributed by atoms with Crippen LogP contribution < -0.4 is 10.6 Å². The fourth-order valence-corrected chi connectivity index (χ4v) is 2.89. The maximum atomic E-state index is 13.6. The number of halogens is 2. The molecule has 0 heterocycles. The highest BCUT2D eigenvalue weighted by Crippen LogP contribution is 2.46. The molecule has 1 saturated carbocycles. The topological polar surface area (TPSA) is 67.4 Å². The summed E-state index contributed by atoms with van der Waals surface area (Å²) in [7, 11) is 0. The third-order valence-corrected chi connectivity index (χ3v) is 4.49. The Kier molecular flexibility index (Phi) is 5.13. The zero-order chi connectivity index (χ0) is 18.7. The van der Waals surface area contributed by atoms with Crippen molar-refractivity contribution in [1.29, 1.82) is 0 Å². The van der Waals surface area contributed by atoms with Crippen molar-refractivity contribution in [3.63, 3.8) is 0 Å². The molecule has 26 heavy (non-hydrogen) atoms. The number of amides is 2. The Morgan fingerprint density at radius 1 is 1.19 bits per heavy atom. The molecule has 3 rings (SSSR count). The van der Waals surface area contributed by atoms with Gasteiger partial charge in [0.15, 0.2) is 0 Å². The number of carbonyl (C=O) groups excluding carboxylic acids is 2. The van der Waals surface area contributed by atoms with Crippen molar-refractivity contribution < 1.29 is 18.7 Å². The van der Waals surface area contributed by atoms with E-state index in [2.05, 4.69) is 10.6 Å². The quantitative estimate of drug-likeness (QED) is 0.809. The second-order valence-electron chi connectivity index (χ2n) is 6.08. The van der Waals surface area contributed by atoms with Gasteiger partial charge in [-0.3, -0.25) is 10.1 Å².